The summed E-state index contributed by atoms with van der Waals surface area (Å²) in [6.45, 7) is 2.40. The molecule has 0 spiro atoms. The molecule has 28 heavy (non-hydrogen) atoms. The largest absolute Gasteiger partial charge is 0.346 e. The van der Waals surface area contributed by atoms with Crippen LogP contribution < -0.4 is 10.0 Å². The monoisotopic (exact) mass is 395 g/mol. The molecule has 0 saturated carbocycles. The molecule has 3 rings (SSSR count). The van der Waals surface area contributed by atoms with Crippen LogP contribution in [0.1, 0.15) is 27.2 Å². The average Bonchev–Trinajstić information content (AvgIpc) is 2.71. The second-order valence-corrected chi connectivity index (χ2v) is 8.11. The summed E-state index contributed by atoms with van der Waals surface area (Å²) in [7, 11) is -3.74. The Morgan fingerprint density at radius 1 is 0.964 bits per heavy atom. The van der Waals surface area contributed by atoms with Gasteiger partial charge in [0, 0.05) is 18.3 Å². The number of benzene rings is 2. The van der Waals surface area contributed by atoms with Crippen LogP contribution in [0.25, 0.3) is 0 Å². The van der Waals surface area contributed by atoms with Gasteiger partial charge >= 0.3 is 0 Å². The van der Waals surface area contributed by atoms with Gasteiger partial charge in [-0.15, -0.1) is 0 Å². The van der Waals surface area contributed by atoms with Gasteiger partial charge < -0.3 is 5.32 Å². The van der Waals surface area contributed by atoms with Gasteiger partial charge in [-0.25, -0.2) is 13.1 Å². The maximum Gasteiger partial charge on any atom is 0.251 e. The van der Waals surface area contributed by atoms with Crippen LogP contribution in [-0.4, -0.2) is 19.3 Å². The molecule has 1 heterocycles. The Hall–Kier alpha value is -3.03. The Balaban J connectivity index is 1.68. The Kier molecular flexibility index (Phi) is 6.18. The second-order valence-electron chi connectivity index (χ2n) is 6.35. The molecule has 2 N–H and O–H groups in total. The summed E-state index contributed by atoms with van der Waals surface area (Å²) in [5.74, 6) is -0.360. The van der Waals surface area contributed by atoms with E-state index in [4.69, 9.17) is 0 Å². The number of amides is 1. The maximum atomic E-state index is 12.6. The third-order valence-electron chi connectivity index (χ3n) is 4.11. The van der Waals surface area contributed by atoms with Crippen LogP contribution in [-0.2, 0) is 23.1 Å². The van der Waals surface area contributed by atoms with Crippen molar-refractivity contribution >= 4 is 15.9 Å². The summed E-state index contributed by atoms with van der Waals surface area (Å²) in [4.78, 5) is 16.5. The fourth-order valence-electron chi connectivity index (χ4n) is 2.66. The normalized spacial score (nSPS) is 11.2. The highest BCUT2D eigenvalue weighted by molar-refractivity contribution is 7.89. The zero-order valence-electron chi connectivity index (χ0n) is 15.4. The van der Waals surface area contributed by atoms with Gasteiger partial charge in [-0.3, -0.25) is 9.78 Å². The van der Waals surface area contributed by atoms with E-state index in [1.54, 1.807) is 30.5 Å². The summed E-state index contributed by atoms with van der Waals surface area (Å²) in [6.07, 6.45) is 1.65. The molecule has 0 aliphatic rings. The maximum absolute atomic E-state index is 12.6. The highest BCUT2D eigenvalue weighted by atomic mass is 32.2. The molecule has 0 atom stereocenters. The minimum atomic E-state index is -3.74. The van der Waals surface area contributed by atoms with Crippen molar-refractivity contribution in [2.75, 3.05) is 0 Å². The standard InChI is InChI=1S/C21H21N3O3S/c1-16-6-4-7-17(12-16)14-24-28(26,27)20-10-5-8-18(13-20)21(25)23-15-19-9-2-3-11-22-19/h2-13,24H,14-15H2,1H3,(H,23,25). The lowest BCUT2D eigenvalue weighted by atomic mass is 10.1. The SMILES string of the molecule is Cc1cccc(CNS(=O)(=O)c2cccc(C(=O)NCc3ccccn3)c2)c1. The average molecular weight is 395 g/mol. The van der Waals surface area contributed by atoms with Crippen LogP contribution in [0, 0.1) is 6.92 Å². The number of rotatable bonds is 7. The molecular weight excluding hydrogens is 374 g/mol. The topological polar surface area (TPSA) is 88.2 Å². The first-order valence-corrected chi connectivity index (χ1v) is 10.3. The number of aryl methyl sites for hydroxylation is 1. The minimum absolute atomic E-state index is 0.0469. The van der Waals surface area contributed by atoms with Gasteiger partial charge in [-0.2, -0.15) is 0 Å². The number of carbonyl (C=O) groups is 1. The Bertz CT molecular complexity index is 1070. The molecule has 1 aromatic heterocycles. The quantitative estimate of drug-likeness (QED) is 0.644. The van der Waals surface area contributed by atoms with Gasteiger partial charge in [0.2, 0.25) is 10.0 Å². The first-order chi connectivity index (χ1) is 13.4. The van der Waals surface area contributed by atoms with Crippen LogP contribution >= 0.6 is 0 Å². The Morgan fingerprint density at radius 2 is 1.79 bits per heavy atom. The van der Waals surface area contributed by atoms with Crippen molar-refractivity contribution < 1.29 is 13.2 Å². The number of carbonyl (C=O) groups excluding carboxylic acids is 1. The molecule has 144 valence electrons. The summed E-state index contributed by atoms with van der Waals surface area (Å²) in [6, 6.07) is 19.0. The predicted molar refractivity (Wildman–Crippen MR) is 107 cm³/mol. The number of aromatic nitrogens is 1. The summed E-state index contributed by atoms with van der Waals surface area (Å²) >= 11 is 0. The van der Waals surface area contributed by atoms with Gasteiger partial charge in [-0.05, 0) is 42.8 Å². The molecule has 1 amide bonds. The van der Waals surface area contributed by atoms with Gasteiger partial charge in [0.25, 0.3) is 5.91 Å². The number of nitrogens with zero attached hydrogens (tertiary/aromatic N) is 1. The molecule has 0 fully saturated rings. The van der Waals surface area contributed by atoms with Crippen molar-refractivity contribution in [2.45, 2.75) is 24.9 Å². The number of hydrogen-bond acceptors (Lipinski definition) is 4. The number of pyridine rings is 1. The molecule has 0 aliphatic carbocycles. The molecule has 0 bridgehead atoms. The lowest BCUT2D eigenvalue weighted by molar-refractivity contribution is 0.0950. The first kappa shape index (κ1) is 19.7. The zero-order chi connectivity index (χ0) is 20.0. The van der Waals surface area contributed by atoms with Crippen LogP contribution in [0.5, 0.6) is 0 Å². The first-order valence-electron chi connectivity index (χ1n) is 8.77. The molecule has 0 radical (unpaired) electrons. The second kappa shape index (κ2) is 8.77. The van der Waals surface area contributed by atoms with E-state index in [1.165, 1.54) is 12.1 Å². The van der Waals surface area contributed by atoms with Crippen molar-refractivity contribution in [2.24, 2.45) is 0 Å². The molecule has 2 aromatic carbocycles. The van der Waals surface area contributed by atoms with Crippen LogP contribution in [0.3, 0.4) is 0 Å². The smallest absolute Gasteiger partial charge is 0.251 e. The van der Waals surface area contributed by atoms with Crippen molar-refractivity contribution in [3.8, 4) is 0 Å². The van der Waals surface area contributed by atoms with Gasteiger partial charge in [0.1, 0.15) is 0 Å². The Morgan fingerprint density at radius 3 is 2.54 bits per heavy atom. The van der Waals surface area contributed by atoms with E-state index in [9.17, 15) is 13.2 Å². The van der Waals surface area contributed by atoms with Crippen LogP contribution in [0.2, 0.25) is 0 Å². The van der Waals surface area contributed by atoms with E-state index in [0.717, 1.165) is 16.8 Å². The lowest BCUT2D eigenvalue weighted by Gasteiger charge is -2.09. The number of nitrogens with one attached hydrogen (secondary N) is 2. The van der Waals surface area contributed by atoms with E-state index >= 15 is 0 Å². The molecule has 0 saturated heterocycles. The summed E-state index contributed by atoms with van der Waals surface area (Å²) in [5.41, 5.74) is 2.92. The fourth-order valence-corrected chi connectivity index (χ4v) is 3.73. The van der Waals surface area contributed by atoms with Gasteiger partial charge in [0.15, 0.2) is 0 Å². The third-order valence-corrected chi connectivity index (χ3v) is 5.51. The zero-order valence-corrected chi connectivity index (χ0v) is 16.2. The highest BCUT2D eigenvalue weighted by Crippen LogP contribution is 2.13. The minimum Gasteiger partial charge on any atom is -0.346 e. The number of hydrogen-bond donors (Lipinski definition) is 2. The van der Waals surface area contributed by atoms with Crippen molar-refractivity contribution in [1.82, 2.24) is 15.0 Å². The summed E-state index contributed by atoms with van der Waals surface area (Å²) in [5, 5.41) is 2.74. The van der Waals surface area contributed by atoms with E-state index in [0.29, 0.717) is 0 Å². The number of sulfonamides is 1. The van der Waals surface area contributed by atoms with Gasteiger partial charge in [-0.1, -0.05) is 42.0 Å². The third kappa shape index (κ3) is 5.25. The summed E-state index contributed by atoms with van der Waals surface area (Å²) < 4.78 is 27.8. The van der Waals surface area contributed by atoms with Crippen molar-refractivity contribution in [3.05, 3.63) is 95.3 Å². The molecular formula is C21H21N3O3S. The molecule has 6 nitrogen and oxygen atoms in total. The van der Waals surface area contributed by atoms with Crippen LogP contribution in [0.4, 0.5) is 0 Å². The highest BCUT2D eigenvalue weighted by Gasteiger charge is 2.16. The van der Waals surface area contributed by atoms with E-state index in [-0.39, 0.29) is 29.5 Å². The molecule has 0 aliphatic heterocycles. The van der Waals surface area contributed by atoms with Crippen LogP contribution in [0.15, 0.2) is 77.8 Å². The fraction of sp³-hybridized carbons (Fsp3) is 0.143. The molecule has 7 heteroatoms. The van der Waals surface area contributed by atoms with Crippen molar-refractivity contribution in [3.63, 3.8) is 0 Å². The Labute approximate surface area is 164 Å². The van der Waals surface area contributed by atoms with Crippen molar-refractivity contribution in [1.29, 1.82) is 0 Å². The molecule has 3 aromatic rings. The lowest BCUT2D eigenvalue weighted by Crippen LogP contribution is -2.25. The van der Waals surface area contributed by atoms with E-state index in [1.807, 2.05) is 37.3 Å². The molecule has 0 unspecified atom stereocenters. The predicted octanol–water partition coefficient (Wildman–Crippen LogP) is 2.80. The van der Waals surface area contributed by atoms with E-state index < -0.39 is 10.0 Å². The van der Waals surface area contributed by atoms with Gasteiger partial charge in [0.05, 0.1) is 17.1 Å². The van der Waals surface area contributed by atoms with E-state index in [2.05, 4.69) is 15.0 Å².